The van der Waals surface area contributed by atoms with Crippen LogP contribution in [-0.4, -0.2) is 39.3 Å². The molecule has 0 atom stereocenters. The standard InChI is InChI=1S/C22H18BrCl2N3O5S/c1-33-20-10-14(9-17(23)22(20)30)12-26-27-21(29)13-28(15-7-8-18(24)19(25)11-15)34(31,32)16-5-3-2-4-6-16/h2-12,30H,13H2,1H3,(H,27,29)/b26-12-. The van der Waals surface area contributed by atoms with Crippen LogP contribution in [0.25, 0.3) is 0 Å². The third-order valence-corrected chi connectivity index (χ3v) is 7.61. The first kappa shape index (κ1) is 25.8. The molecule has 0 saturated carbocycles. The van der Waals surface area contributed by atoms with E-state index in [4.69, 9.17) is 27.9 Å². The summed E-state index contributed by atoms with van der Waals surface area (Å²) in [7, 11) is -2.71. The number of nitrogens with one attached hydrogen (secondary N) is 1. The second-order valence-corrected chi connectivity index (χ2v) is 10.3. The molecule has 1 amide bonds. The van der Waals surface area contributed by atoms with Crippen LogP contribution in [-0.2, 0) is 14.8 Å². The highest BCUT2D eigenvalue weighted by atomic mass is 79.9. The van der Waals surface area contributed by atoms with Crippen molar-refractivity contribution in [1.82, 2.24) is 5.43 Å². The predicted molar refractivity (Wildman–Crippen MR) is 136 cm³/mol. The first-order valence-electron chi connectivity index (χ1n) is 9.54. The molecule has 0 unspecified atom stereocenters. The highest BCUT2D eigenvalue weighted by Gasteiger charge is 2.27. The Bertz CT molecular complexity index is 1340. The van der Waals surface area contributed by atoms with Crippen molar-refractivity contribution in [2.75, 3.05) is 18.0 Å². The SMILES string of the molecule is COc1cc(/C=N\NC(=O)CN(c2ccc(Cl)c(Cl)c2)S(=O)(=O)c2ccccc2)cc(Br)c1O. The Labute approximate surface area is 214 Å². The molecule has 0 heterocycles. The number of sulfonamides is 1. The lowest BCUT2D eigenvalue weighted by Crippen LogP contribution is -2.39. The number of methoxy groups -OCH3 is 1. The molecule has 3 aromatic carbocycles. The summed E-state index contributed by atoms with van der Waals surface area (Å²) >= 11 is 15.2. The number of aromatic hydroxyl groups is 1. The number of carbonyl (C=O) groups is 1. The van der Waals surface area contributed by atoms with Crippen LogP contribution >= 0.6 is 39.1 Å². The number of rotatable bonds is 8. The van der Waals surface area contributed by atoms with Crippen LogP contribution in [0.5, 0.6) is 11.5 Å². The van der Waals surface area contributed by atoms with Gasteiger partial charge in [-0.3, -0.25) is 9.10 Å². The summed E-state index contributed by atoms with van der Waals surface area (Å²) in [4.78, 5) is 12.6. The van der Waals surface area contributed by atoms with E-state index in [-0.39, 0.29) is 32.1 Å². The van der Waals surface area contributed by atoms with Crippen molar-refractivity contribution < 1.29 is 23.1 Å². The normalized spacial score (nSPS) is 11.4. The topological polar surface area (TPSA) is 108 Å². The first-order chi connectivity index (χ1) is 16.1. The summed E-state index contributed by atoms with van der Waals surface area (Å²) in [5, 5.41) is 14.1. The molecule has 0 saturated heterocycles. The average Bonchev–Trinajstić information content (AvgIpc) is 2.82. The van der Waals surface area contributed by atoms with Crippen LogP contribution in [0.2, 0.25) is 10.0 Å². The quantitative estimate of drug-likeness (QED) is 0.291. The second kappa shape index (κ2) is 11.1. The van der Waals surface area contributed by atoms with Crippen LogP contribution in [0, 0.1) is 0 Å². The van der Waals surface area contributed by atoms with Gasteiger partial charge in [0.25, 0.3) is 15.9 Å². The lowest BCUT2D eigenvalue weighted by Gasteiger charge is -2.24. The Hall–Kier alpha value is -2.79. The molecular formula is C22H18BrCl2N3O5S. The fraction of sp³-hybridized carbons (Fsp3) is 0.0909. The Kier molecular flexibility index (Phi) is 8.42. The number of anilines is 1. The third kappa shape index (κ3) is 6.01. The Morgan fingerprint density at radius 3 is 2.50 bits per heavy atom. The molecule has 3 rings (SSSR count). The minimum atomic E-state index is -4.11. The Morgan fingerprint density at radius 2 is 1.85 bits per heavy atom. The van der Waals surface area contributed by atoms with Gasteiger partial charge in [-0.15, -0.1) is 0 Å². The van der Waals surface area contributed by atoms with Gasteiger partial charge >= 0.3 is 0 Å². The fourth-order valence-corrected chi connectivity index (χ4v) is 5.03. The molecular weight excluding hydrogens is 569 g/mol. The van der Waals surface area contributed by atoms with Gasteiger partial charge in [0.15, 0.2) is 11.5 Å². The van der Waals surface area contributed by atoms with E-state index in [1.54, 1.807) is 24.3 Å². The van der Waals surface area contributed by atoms with Crippen molar-refractivity contribution in [3.05, 3.63) is 80.7 Å². The zero-order valence-electron chi connectivity index (χ0n) is 17.6. The van der Waals surface area contributed by atoms with Gasteiger partial charge < -0.3 is 9.84 Å². The Morgan fingerprint density at radius 1 is 1.15 bits per heavy atom. The number of hydrogen-bond acceptors (Lipinski definition) is 6. The largest absolute Gasteiger partial charge is 0.503 e. The van der Waals surface area contributed by atoms with E-state index in [0.717, 1.165) is 4.31 Å². The maximum Gasteiger partial charge on any atom is 0.264 e. The van der Waals surface area contributed by atoms with E-state index < -0.39 is 22.5 Å². The number of benzene rings is 3. The van der Waals surface area contributed by atoms with Crippen molar-refractivity contribution in [2.24, 2.45) is 5.10 Å². The van der Waals surface area contributed by atoms with Crippen molar-refractivity contribution in [3.8, 4) is 11.5 Å². The molecule has 0 aromatic heterocycles. The van der Waals surface area contributed by atoms with Gasteiger partial charge in [0.1, 0.15) is 6.54 Å². The van der Waals surface area contributed by atoms with Crippen LogP contribution in [0.1, 0.15) is 5.56 Å². The fourth-order valence-electron chi connectivity index (χ4n) is 2.84. The second-order valence-electron chi connectivity index (χ2n) is 6.77. The van der Waals surface area contributed by atoms with Crippen LogP contribution < -0.4 is 14.5 Å². The molecule has 2 N–H and O–H groups in total. The zero-order valence-corrected chi connectivity index (χ0v) is 21.5. The minimum Gasteiger partial charge on any atom is -0.503 e. The van der Waals surface area contributed by atoms with Gasteiger partial charge in [-0.25, -0.2) is 13.8 Å². The average molecular weight is 587 g/mol. The van der Waals surface area contributed by atoms with E-state index in [2.05, 4.69) is 26.5 Å². The summed E-state index contributed by atoms with van der Waals surface area (Å²) in [5.41, 5.74) is 2.97. The number of ether oxygens (including phenoxy) is 1. The monoisotopic (exact) mass is 585 g/mol. The van der Waals surface area contributed by atoms with Gasteiger partial charge in [-0.1, -0.05) is 41.4 Å². The van der Waals surface area contributed by atoms with E-state index in [0.29, 0.717) is 10.0 Å². The molecule has 0 aliphatic heterocycles. The maximum atomic E-state index is 13.3. The minimum absolute atomic E-state index is 0.00147. The van der Waals surface area contributed by atoms with E-state index in [9.17, 15) is 18.3 Å². The maximum absolute atomic E-state index is 13.3. The molecule has 0 aliphatic rings. The van der Waals surface area contributed by atoms with Crippen LogP contribution in [0.3, 0.4) is 0 Å². The molecule has 0 spiro atoms. The van der Waals surface area contributed by atoms with E-state index in [1.165, 1.54) is 49.7 Å². The molecule has 0 radical (unpaired) electrons. The molecule has 0 bridgehead atoms. The third-order valence-electron chi connectivity index (χ3n) is 4.48. The number of hydrogen-bond donors (Lipinski definition) is 2. The van der Waals surface area contributed by atoms with Gasteiger partial charge in [-0.05, 0) is 64.0 Å². The number of hydrazone groups is 1. The van der Waals surface area contributed by atoms with E-state index in [1.807, 2.05) is 0 Å². The van der Waals surface area contributed by atoms with Crippen molar-refractivity contribution >= 4 is 67.0 Å². The van der Waals surface area contributed by atoms with Gasteiger partial charge in [0, 0.05) is 0 Å². The molecule has 8 nitrogen and oxygen atoms in total. The van der Waals surface area contributed by atoms with Crippen molar-refractivity contribution in [2.45, 2.75) is 4.90 Å². The highest BCUT2D eigenvalue weighted by molar-refractivity contribution is 9.10. The highest BCUT2D eigenvalue weighted by Crippen LogP contribution is 2.34. The van der Waals surface area contributed by atoms with Gasteiger partial charge in [-0.2, -0.15) is 5.10 Å². The number of carbonyl (C=O) groups excluding carboxylic acids is 1. The summed E-state index contributed by atoms with van der Waals surface area (Å²) in [6.45, 7) is -0.574. The van der Waals surface area contributed by atoms with Crippen molar-refractivity contribution in [1.29, 1.82) is 0 Å². The molecule has 0 fully saturated rings. The molecule has 12 heteroatoms. The molecule has 34 heavy (non-hydrogen) atoms. The number of nitrogens with zero attached hydrogens (tertiary/aromatic N) is 2. The molecule has 3 aromatic rings. The summed E-state index contributed by atoms with van der Waals surface area (Å²) in [6.07, 6.45) is 1.32. The predicted octanol–water partition coefficient (Wildman–Crippen LogP) is 4.82. The summed E-state index contributed by atoms with van der Waals surface area (Å²) in [5.74, 6) is -0.569. The van der Waals surface area contributed by atoms with Crippen molar-refractivity contribution in [3.63, 3.8) is 0 Å². The van der Waals surface area contributed by atoms with E-state index >= 15 is 0 Å². The number of halogens is 3. The van der Waals surface area contributed by atoms with Crippen LogP contribution in [0.15, 0.2) is 75.1 Å². The lowest BCUT2D eigenvalue weighted by atomic mass is 10.2. The number of phenolic OH excluding ortho intramolecular Hbond substituents is 1. The zero-order chi connectivity index (χ0) is 24.9. The molecule has 0 aliphatic carbocycles. The van der Waals surface area contributed by atoms with Gasteiger partial charge in [0.2, 0.25) is 0 Å². The summed E-state index contributed by atoms with van der Waals surface area (Å²) < 4.78 is 32.9. The smallest absolute Gasteiger partial charge is 0.264 e. The molecule has 178 valence electrons. The number of amides is 1. The number of phenols is 1. The van der Waals surface area contributed by atoms with Gasteiger partial charge in [0.05, 0.1) is 38.4 Å². The first-order valence-corrected chi connectivity index (χ1v) is 12.5. The lowest BCUT2D eigenvalue weighted by molar-refractivity contribution is -0.119. The summed E-state index contributed by atoms with van der Waals surface area (Å²) in [6, 6.07) is 15.0. The Balaban J connectivity index is 1.85. The van der Waals surface area contributed by atoms with Crippen LogP contribution in [0.4, 0.5) is 5.69 Å².